The summed E-state index contributed by atoms with van der Waals surface area (Å²) in [6.07, 6.45) is 6.32. The van der Waals surface area contributed by atoms with E-state index in [0.29, 0.717) is 22.1 Å². The highest BCUT2D eigenvalue weighted by Crippen LogP contribution is 2.12. The molecule has 2 aromatic heterocycles. The van der Waals surface area contributed by atoms with Crippen LogP contribution in [0.15, 0.2) is 61.2 Å². The molecule has 0 unspecified atom stereocenters. The Labute approximate surface area is 190 Å². The summed E-state index contributed by atoms with van der Waals surface area (Å²) in [6, 6.07) is 9.82. The van der Waals surface area contributed by atoms with Crippen LogP contribution in [0, 0.1) is 0 Å². The van der Waals surface area contributed by atoms with Crippen molar-refractivity contribution in [1.29, 1.82) is 0 Å². The van der Waals surface area contributed by atoms with Gasteiger partial charge in [0.25, 0.3) is 5.91 Å². The third-order valence-corrected chi connectivity index (χ3v) is 4.28. The maximum absolute atomic E-state index is 11.8. The molecule has 0 aliphatic carbocycles. The van der Waals surface area contributed by atoms with E-state index in [0.717, 1.165) is 17.2 Å². The maximum Gasteiger partial charge on any atom is 0.335 e. The summed E-state index contributed by atoms with van der Waals surface area (Å²) in [5, 5.41) is 9.86. The number of hydrogen-bond acceptors (Lipinski definition) is 8. The van der Waals surface area contributed by atoms with Gasteiger partial charge < -0.3 is 9.84 Å². The van der Waals surface area contributed by atoms with Crippen molar-refractivity contribution in [3.05, 3.63) is 72.3 Å². The van der Waals surface area contributed by atoms with Crippen molar-refractivity contribution in [2.24, 2.45) is 0 Å². The Morgan fingerprint density at radius 3 is 1.67 bits per heavy atom. The van der Waals surface area contributed by atoms with E-state index < -0.39 is 5.97 Å². The Balaban J connectivity index is 0.000000204. The molecular weight excluding hydrogens is 426 g/mol. The summed E-state index contributed by atoms with van der Waals surface area (Å²) in [6.45, 7) is 2.78. The second-order valence-corrected chi connectivity index (χ2v) is 6.39. The van der Waals surface area contributed by atoms with E-state index in [2.05, 4.69) is 24.7 Å². The average molecular weight is 451 g/mol. The monoisotopic (exact) mass is 451 g/mol. The molecule has 1 N–H and O–H groups in total. The molecule has 33 heavy (non-hydrogen) atoms. The predicted octanol–water partition coefficient (Wildman–Crippen LogP) is 3.24. The van der Waals surface area contributed by atoms with Gasteiger partial charge in [-0.3, -0.25) is 29.6 Å². The fraction of sp³-hybridized carbons (Fsp3) is 0.217. The number of ether oxygens (including phenoxy) is 1. The van der Waals surface area contributed by atoms with Gasteiger partial charge in [-0.2, -0.15) is 0 Å². The maximum atomic E-state index is 11.8. The molecular formula is C23H25N5O5. The SMILES string of the molecule is CCOC.CON(C)C(=O)c1ccc2nccnc2c1.O=C(O)c1ccc2nccnc2c1. The third-order valence-electron chi connectivity index (χ3n) is 4.28. The minimum atomic E-state index is -0.951. The van der Waals surface area contributed by atoms with E-state index in [1.54, 1.807) is 57.0 Å². The zero-order valence-electron chi connectivity index (χ0n) is 18.8. The first-order valence-corrected chi connectivity index (χ1v) is 9.87. The molecule has 2 heterocycles. The first-order valence-electron chi connectivity index (χ1n) is 9.87. The zero-order chi connectivity index (χ0) is 24.2. The van der Waals surface area contributed by atoms with Gasteiger partial charge in [-0.25, -0.2) is 9.86 Å². The molecule has 4 rings (SSSR count). The molecule has 172 valence electrons. The van der Waals surface area contributed by atoms with Crippen molar-refractivity contribution in [1.82, 2.24) is 25.0 Å². The molecule has 0 aliphatic rings. The third kappa shape index (κ3) is 7.27. The summed E-state index contributed by atoms with van der Waals surface area (Å²) in [5.41, 5.74) is 3.51. The number of carbonyl (C=O) groups excluding carboxylic acids is 1. The summed E-state index contributed by atoms with van der Waals surface area (Å²) in [5.74, 6) is -1.16. The van der Waals surface area contributed by atoms with Crippen LogP contribution in [0.25, 0.3) is 22.1 Å². The summed E-state index contributed by atoms with van der Waals surface area (Å²) >= 11 is 0. The van der Waals surface area contributed by atoms with Crippen molar-refractivity contribution >= 4 is 33.9 Å². The molecule has 0 saturated heterocycles. The van der Waals surface area contributed by atoms with E-state index in [4.69, 9.17) is 9.94 Å². The number of fused-ring (bicyclic) bond motifs is 2. The number of hydroxylamine groups is 2. The Morgan fingerprint density at radius 1 is 0.818 bits per heavy atom. The van der Waals surface area contributed by atoms with Gasteiger partial charge in [-0.15, -0.1) is 0 Å². The highest BCUT2D eigenvalue weighted by molar-refractivity contribution is 5.96. The van der Waals surface area contributed by atoms with Crippen LogP contribution < -0.4 is 0 Å². The molecule has 0 fully saturated rings. The molecule has 0 bridgehead atoms. The second kappa shape index (κ2) is 12.7. The Hall–Kier alpha value is -4.02. The van der Waals surface area contributed by atoms with Crippen LogP contribution in [0.5, 0.6) is 0 Å². The number of aromatic nitrogens is 4. The second-order valence-electron chi connectivity index (χ2n) is 6.39. The standard InChI is InChI=1S/C11H11N3O2.C9H6N2O2.C3H8O/c1-14(16-2)11(15)8-3-4-9-10(7-8)13-6-5-12-9;12-9(13)6-1-2-7-8(5-6)11-4-3-10-7;1-3-4-2/h3-7H,1-2H3;1-5H,(H,12,13);3H2,1-2H3. The molecule has 0 atom stereocenters. The minimum absolute atomic E-state index is 0.213. The zero-order valence-corrected chi connectivity index (χ0v) is 18.8. The normalized spacial score (nSPS) is 9.94. The van der Waals surface area contributed by atoms with Crippen molar-refractivity contribution in [2.45, 2.75) is 6.92 Å². The topological polar surface area (TPSA) is 128 Å². The molecule has 2 aromatic carbocycles. The molecule has 0 radical (unpaired) electrons. The quantitative estimate of drug-likeness (QED) is 0.465. The lowest BCUT2D eigenvalue weighted by Crippen LogP contribution is -2.25. The predicted molar refractivity (Wildman–Crippen MR) is 123 cm³/mol. The largest absolute Gasteiger partial charge is 0.478 e. The Kier molecular flexibility index (Phi) is 9.75. The van der Waals surface area contributed by atoms with Crippen LogP contribution in [0.4, 0.5) is 0 Å². The van der Waals surface area contributed by atoms with E-state index in [1.807, 2.05) is 6.92 Å². The first kappa shape index (κ1) is 25.2. The lowest BCUT2D eigenvalue weighted by molar-refractivity contribution is -0.0756. The van der Waals surface area contributed by atoms with Gasteiger partial charge >= 0.3 is 5.97 Å². The molecule has 0 aliphatic heterocycles. The first-order chi connectivity index (χ1) is 15.9. The lowest BCUT2D eigenvalue weighted by Gasteiger charge is -2.13. The van der Waals surface area contributed by atoms with Gasteiger partial charge in [-0.05, 0) is 43.3 Å². The number of carboxylic acid groups (broad SMARTS) is 1. The number of aromatic carboxylic acids is 1. The smallest absolute Gasteiger partial charge is 0.335 e. The van der Waals surface area contributed by atoms with Crippen molar-refractivity contribution in [3.8, 4) is 0 Å². The number of methoxy groups -OCH3 is 1. The molecule has 10 nitrogen and oxygen atoms in total. The number of rotatable bonds is 4. The summed E-state index contributed by atoms with van der Waals surface area (Å²) in [4.78, 5) is 43.5. The van der Waals surface area contributed by atoms with Crippen molar-refractivity contribution < 1.29 is 24.3 Å². The number of amides is 1. The highest BCUT2D eigenvalue weighted by atomic mass is 16.7. The van der Waals surface area contributed by atoms with Gasteiger partial charge in [0.2, 0.25) is 0 Å². The van der Waals surface area contributed by atoms with E-state index in [1.165, 1.54) is 25.4 Å². The van der Waals surface area contributed by atoms with Crippen LogP contribution in [-0.4, -0.2) is 69.9 Å². The highest BCUT2D eigenvalue weighted by Gasteiger charge is 2.11. The van der Waals surface area contributed by atoms with Crippen LogP contribution >= 0.6 is 0 Å². The molecule has 1 amide bonds. The molecule has 10 heteroatoms. The van der Waals surface area contributed by atoms with Crippen LogP contribution in [0.2, 0.25) is 0 Å². The average Bonchev–Trinajstić information content (AvgIpc) is 2.87. The number of carbonyl (C=O) groups is 2. The van der Waals surface area contributed by atoms with Gasteiger partial charge in [0.1, 0.15) is 0 Å². The van der Waals surface area contributed by atoms with Crippen molar-refractivity contribution in [3.63, 3.8) is 0 Å². The molecule has 0 spiro atoms. The summed E-state index contributed by atoms with van der Waals surface area (Å²) < 4.78 is 4.54. The molecule has 4 aromatic rings. The minimum Gasteiger partial charge on any atom is -0.478 e. The van der Waals surface area contributed by atoms with Gasteiger partial charge in [-0.1, -0.05) is 0 Å². The fourth-order valence-corrected chi connectivity index (χ4v) is 2.46. The number of hydrogen-bond donors (Lipinski definition) is 1. The van der Waals surface area contributed by atoms with E-state index in [9.17, 15) is 9.59 Å². The van der Waals surface area contributed by atoms with Crippen LogP contribution in [0.3, 0.4) is 0 Å². The van der Waals surface area contributed by atoms with Gasteiger partial charge in [0.15, 0.2) is 0 Å². The lowest BCUT2D eigenvalue weighted by atomic mass is 10.2. The van der Waals surface area contributed by atoms with Gasteiger partial charge in [0, 0.05) is 51.1 Å². The molecule has 0 saturated carbocycles. The Morgan fingerprint density at radius 2 is 1.24 bits per heavy atom. The number of nitrogens with zero attached hydrogens (tertiary/aromatic N) is 5. The van der Waals surface area contributed by atoms with Crippen LogP contribution in [0.1, 0.15) is 27.6 Å². The summed E-state index contributed by atoms with van der Waals surface area (Å²) in [7, 11) is 4.68. The number of carboxylic acids is 1. The fourth-order valence-electron chi connectivity index (χ4n) is 2.46. The van der Waals surface area contributed by atoms with Crippen molar-refractivity contribution in [2.75, 3.05) is 27.9 Å². The van der Waals surface area contributed by atoms with Crippen LogP contribution in [-0.2, 0) is 9.57 Å². The van der Waals surface area contributed by atoms with E-state index in [-0.39, 0.29) is 11.5 Å². The number of benzene rings is 2. The Bertz CT molecular complexity index is 1220. The van der Waals surface area contributed by atoms with E-state index >= 15 is 0 Å². The van der Waals surface area contributed by atoms with Gasteiger partial charge in [0.05, 0.1) is 34.7 Å².